The number of aryl methyl sites for hydroxylation is 1. The summed E-state index contributed by atoms with van der Waals surface area (Å²) in [4.78, 5) is 29.6. The number of nitrogens with one attached hydrogen (secondary N) is 1. The average molecular weight is 325 g/mol. The number of rotatable bonds is 4. The van der Waals surface area contributed by atoms with E-state index in [4.69, 9.17) is 4.74 Å². The summed E-state index contributed by atoms with van der Waals surface area (Å²) in [6.45, 7) is 1.72. The number of amides is 2. The van der Waals surface area contributed by atoms with Crippen molar-refractivity contribution < 1.29 is 14.3 Å². The Kier molecular flexibility index (Phi) is 4.46. The van der Waals surface area contributed by atoms with Crippen LogP contribution in [0, 0.1) is 0 Å². The van der Waals surface area contributed by atoms with Gasteiger partial charge >= 0.3 is 0 Å². The van der Waals surface area contributed by atoms with E-state index in [9.17, 15) is 9.59 Å². The lowest BCUT2D eigenvalue weighted by atomic mass is 10.1. The van der Waals surface area contributed by atoms with Crippen LogP contribution < -0.4 is 15.0 Å². The van der Waals surface area contributed by atoms with Gasteiger partial charge in [0.1, 0.15) is 5.75 Å². The molecule has 0 saturated carbocycles. The summed E-state index contributed by atoms with van der Waals surface area (Å²) in [5.41, 5.74) is 2.37. The van der Waals surface area contributed by atoms with E-state index in [2.05, 4.69) is 10.3 Å². The van der Waals surface area contributed by atoms with Crippen LogP contribution >= 0.6 is 0 Å². The third-order valence-corrected chi connectivity index (χ3v) is 3.98. The Bertz CT molecular complexity index is 761. The lowest BCUT2D eigenvalue weighted by molar-refractivity contribution is -0.125. The van der Waals surface area contributed by atoms with Crippen molar-refractivity contribution in [1.29, 1.82) is 0 Å². The van der Waals surface area contributed by atoms with Gasteiger partial charge in [0.15, 0.2) is 6.10 Å². The van der Waals surface area contributed by atoms with E-state index in [1.165, 1.54) is 0 Å². The van der Waals surface area contributed by atoms with Crippen molar-refractivity contribution in [3.05, 3.63) is 48.3 Å². The molecule has 0 aliphatic carbocycles. The van der Waals surface area contributed by atoms with E-state index < -0.39 is 6.10 Å². The molecule has 1 aromatic carbocycles. The summed E-state index contributed by atoms with van der Waals surface area (Å²) in [6.07, 6.45) is 3.96. The summed E-state index contributed by atoms with van der Waals surface area (Å²) >= 11 is 0. The summed E-state index contributed by atoms with van der Waals surface area (Å²) < 4.78 is 5.57. The van der Waals surface area contributed by atoms with E-state index >= 15 is 0 Å². The number of carbonyl (C=O) groups excluding carboxylic acids is 2. The van der Waals surface area contributed by atoms with Crippen LogP contribution in [0.15, 0.2) is 42.7 Å². The lowest BCUT2D eigenvalue weighted by Gasteiger charge is -2.30. The van der Waals surface area contributed by atoms with Crippen molar-refractivity contribution in [2.45, 2.75) is 25.9 Å². The number of anilines is 2. The van der Waals surface area contributed by atoms with Gasteiger partial charge in [-0.3, -0.25) is 14.6 Å². The Balaban J connectivity index is 1.66. The molecular weight excluding hydrogens is 306 g/mol. The molecule has 124 valence electrons. The molecule has 0 saturated heterocycles. The zero-order chi connectivity index (χ0) is 17.1. The topological polar surface area (TPSA) is 71.5 Å². The molecule has 0 radical (unpaired) electrons. The van der Waals surface area contributed by atoms with Crippen molar-refractivity contribution in [1.82, 2.24) is 4.98 Å². The normalized spacial score (nSPS) is 16.3. The van der Waals surface area contributed by atoms with Crippen LogP contribution in [0.5, 0.6) is 5.75 Å². The smallest absolute Gasteiger partial charge is 0.267 e. The molecule has 1 unspecified atom stereocenters. The van der Waals surface area contributed by atoms with Gasteiger partial charge in [0.25, 0.3) is 5.91 Å². The van der Waals surface area contributed by atoms with Gasteiger partial charge in [0, 0.05) is 31.5 Å². The van der Waals surface area contributed by atoms with Gasteiger partial charge in [-0.25, -0.2) is 0 Å². The number of aromatic nitrogens is 1. The first-order valence-electron chi connectivity index (χ1n) is 7.81. The zero-order valence-electron chi connectivity index (χ0n) is 13.7. The third-order valence-electron chi connectivity index (χ3n) is 3.98. The molecular formula is C18H19N3O3. The fraction of sp³-hybridized carbons (Fsp3) is 0.278. The summed E-state index contributed by atoms with van der Waals surface area (Å²) in [6, 6.07) is 9.09. The molecule has 3 rings (SSSR count). The summed E-state index contributed by atoms with van der Waals surface area (Å²) in [7, 11) is 1.70. The number of pyridine rings is 1. The molecule has 2 amide bonds. The van der Waals surface area contributed by atoms with Crippen molar-refractivity contribution in [2.24, 2.45) is 0 Å². The molecule has 1 N–H and O–H groups in total. The quantitative estimate of drug-likeness (QED) is 0.937. The Morgan fingerprint density at radius 3 is 2.79 bits per heavy atom. The predicted octanol–water partition coefficient (Wildman–Crippen LogP) is 2.40. The highest BCUT2D eigenvalue weighted by Gasteiger charge is 2.28. The van der Waals surface area contributed by atoms with Crippen molar-refractivity contribution in [2.75, 3.05) is 17.3 Å². The number of hydrogen-bond donors (Lipinski definition) is 1. The maximum absolute atomic E-state index is 12.1. The standard InChI is InChI=1S/C18H19N3O3/c1-12-18(23)21(2)15-11-14(4-5-16(15)24-12)20-17(22)6-3-13-7-9-19-10-8-13/h4-5,7-12H,3,6H2,1-2H3,(H,20,22). The molecule has 6 nitrogen and oxygen atoms in total. The Labute approximate surface area is 140 Å². The molecule has 2 aromatic rings. The van der Waals surface area contributed by atoms with Crippen LogP contribution in [0.2, 0.25) is 0 Å². The summed E-state index contributed by atoms with van der Waals surface area (Å²) in [5, 5.41) is 2.86. The zero-order valence-corrected chi connectivity index (χ0v) is 13.7. The first-order valence-corrected chi connectivity index (χ1v) is 7.81. The second kappa shape index (κ2) is 6.70. The largest absolute Gasteiger partial charge is 0.479 e. The fourth-order valence-corrected chi connectivity index (χ4v) is 2.62. The van der Waals surface area contributed by atoms with E-state index in [-0.39, 0.29) is 11.8 Å². The third kappa shape index (κ3) is 3.37. The van der Waals surface area contributed by atoms with Crippen LogP contribution in [0.4, 0.5) is 11.4 Å². The van der Waals surface area contributed by atoms with E-state index in [0.717, 1.165) is 5.56 Å². The molecule has 1 aliphatic rings. The van der Waals surface area contributed by atoms with Crippen molar-refractivity contribution in [3.63, 3.8) is 0 Å². The number of benzene rings is 1. The van der Waals surface area contributed by atoms with Crippen LogP contribution in [-0.4, -0.2) is 29.9 Å². The van der Waals surface area contributed by atoms with E-state index in [0.29, 0.717) is 30.0 Å². The minimum atomic E-state index is -0.497. The number of ether oxygens (including phenoxy) is 1. The molecule has 1 aliphatic heterocycles. The van der Waals surface area contributed by atoms with Crippen LogP contribution in [0.3, 0.4) is 0 Å². The average Bonchev–Trinajstić information content (AvgIpc) is 2.59. The number of nitrogens with zero attached hydrogens (tertiary/aromatic N) is 2. The monoisotopic (exact) mass is 325 g/mol. The van der Waals surface area contributed by atoms with Gasteiger partial charge in [-0.05, 0) is 49.2 Å². The molecule has 24 heavy (non-hydrogen) atoms. The fourth-order valence-electron chi connectivity index (χ4n) is 2.62. The minimum absolute atomic E-state index is 0.0779. The highest BCUT2D eigenvalue weighted by Crippen LogP contribution is 2.35. The van der Waals surface area contributed by atoms with Gasteiger partial charge in [-0.1, -0.05) is 0 Å². The van der Waals surface area contributed by atoms with Crippen LogP contribution in [0.1, 0.15) is 18.9 Å². The molecule has 1 atom stereocenters. The predicted molar refractivity (Wildman–Crippen MR) is 91.1 cm³/mol. The SMILES string of the molecule is CC1Oc2ccc(NC(=O)CCc3ccncc3)cc2N(C)C1=O. The molecule has 0 bridgehead atoms. The Hall–Kier alpha value is -2.89. The van der Waals surface area contributed by atoms with E-state index in [1.54, 1.807) is 49.5 Å². The van der Waals surface area contributed by atoms with Gasteiger partial charge in [0.05, 0.1) is 5.69 Å². The number of carbonyl (C=O) groups is 2. The minimum Gasteiger partial charge on any atom is -0.479 e. The molecule has 1 aromatic heterocycles. The van der Waals surface area contributed by atoms with Crippen molar-refractivity contribution >= 4 is 23.2 Å². The Morgan fingerprint density at radius 1 is 1.29 bits per heavy atom. The first kappa shape index (κ1) is 16.0. The highest BCUT2D eigenvalue weighted by molar-refractivity contribution is 6.00. The van der Waals surface area contributed by atoms with Crippen molar-refractivity contribution in [3.8, 4) is 5.75 Å². The molecule has 2 heterocycles. The van der Waals surface area contributed by atoms with Gasteiger partial charge in [0.2, 0.25) is 5.91 Å². The Morgan fingerprint density at radius 2 is 2.04 bits per heavy atom. The van der Waals surface area contributed by atoms with Gasteiger partial charge < -0.3 is 15.0 Å². The first-order chi connectivity index (χ1) is 11.5. The lowest BCUT2D eigenvalue weighted by Crippen LogP contribution is -2.41. The highest BCUT2D eigenvalue weighted by atomic mass is 16.5. The van der Waals surface area contributed by atoms with Crippen LogP contribution in [-0.2, 0) is 16.0 Å². The van der Waals surface area contributed by atoms with Gasteiger partial charge in [-0.15, -0.1) is 0 Å². The van der Waals surface area contributed by atoms with Gasteiger partial charge in [-0.2, -0.15) is 0 Å². The van der Waals surface area contributed by atoms with Crippen LogP contribution in [0.25, 0.3) is 0 Å². The maximum atomic E-state index is 12.1. The second-order valence-corrected chi connectivity index (χ2v) is 5.74. The maximum Gasteiger partial charge on any atom is 0.267 e. The molecule has 0 spiro atoms. The van der Waals surface area contributed by atoms with E-state index in [1.807, 2.05) is 12.1 Å². The number of fused-ring (bicyclic) bond motifs is 1. The number of hydrogen-bond acceptors (Lipinski definition) is 4. The molecule has 0 fully saturated rings. The summed E-state index contributed by atoms with van der Waals surface area (Å²) in [5.74, 6) is 0.453. The second-order valence-electron chi connectivity index (χ2n) is 5.74. The number of likely N-dealkylation sites (N-methyl/N-ethyl adjacent to an activating group) is 1. The molecule has 6 heteroatoms.